The zero-order valence-corrected chi connectivity index (χ0v) is 6.86. The molecule has 0 saturated carbocycles. The highest BCUT2D eigenvalue weighted by atomic mass is 16.7. The lowest BCUT2D eigenvalue weighted by molar-refractivity contribution is -0.211. The van der Waals surface area contributed by atoms with Crippen LogP contribution in [0.5, 0.6) is 0 Å². The number of nitrogens with two attached hydrogens (primary N) is 1. The second kappa shape index (κ2) is 3.49. The van der Waals surface area contributed by atoms with Crippen molar-refractivity contribution in [1.29, 1.82) is 0 Å². The van der Waals surface area contributed by atoms with Crippen LogP contribution in [0.25, 0.3) is 0 Å². The molecule has 4 atom stereocenters. The van der Waals surface area contributed by atoms with Crippen molar-refractivity contribution in [2.75, 3.05) is 7.11 Å². The Morgan fingerprint density at radius 2 is 2.27 bits per heavy atom. The molecule has 11 heavy (non-hydrogen) atoms. The fourth-order valence-corrected chi connectivity index (χ4v) is 1.24. The van der Waals surface area contributed by atoms with E-state index in [9.17, 15) is 5.11 Å². The third-order valence-corrected chi connectivity index (χ3v) is 2.01. The highest BCUT2D eigenvalue weighted by Crippen LogP contribution is 2.18. The highest BCUT2D eigenvalue weighted by molar-refractivity contribution is 4.82. The number of hydrogen-bond donors (Lipinski definition) is 2. The van der Waals surface area contributed by atoms with Crippen LogP contribution in [-0.4, -0.2) is 36.8 Å². The van der Waals surface area contributed by atoms with E-state index in [-0.39, 0.29) is 18.4 Å². The number of methoxy groups -OCH3 is 1. The van der Waals surface area contributed by atoms with Crippen molar-refractivity contribution in [3.05, 3.63) is 0 Å². The molecule has 0 aromatic rings. The molecule has 0 radical (unpaired) electrons. The van der Waals surface area contributed by atoms with Gasteiger partial charge >= 0.3 is 0 Å². The molecule has 0 aromatic heterocycles. The van der Waals surface area contributed by atoms with Gasteiger partial charge in [0.15, 0.2) is 6.29 Å². The molecular formula is C7H15NO3. The van der Waals surface area contributed by atoms with Crippen LogP contribution in [0, 0.1) is 0 Å². The van der Waals surface area contributed by atoms with E-state index in [0.717, 1.165) is 0 Å². The highest BCUT2D eigenvalue weighted by Gasteiger charge is 2.32. The first-order valence-electron chi connectivity index (χ1n) is 3.77. The summed E-state index contributed by atoms with van der Waals surface area (Å²) in [5, 5.41) is 9.35. The maximum atomic E-state index is 9.35. The Morgan fingerprint density at radius 3 is 2.73 bits per heavy atom. The molecule has 0 unspecified atom stereocenters. The van der Waals surface area contributed by atoms with E-state index in [1.54, 1.807) is 14.0 Å². The van der Waals surface area contributed by atoms with Crippen molar-refractivity contribution >= 4 is 0 Å². The first-order chi connectivity index (χ1) is 5.15. The van der Waals surface area contributed by atoms with Crippen molar-refractivity contribution in [3.8, 4) is 0 Å². The summed E-state index contributed by atoms with van der Waals surface area (Å²) < 4.78 is 10.2. The van der Waals surface area contributed by atoms with Crippen LogP contribution in [0.3, 0.4) is 0 Å². The van der Waals surface area contributed by atoms with Crippen LogP contribution in [-0.2, 0) is 9.47 Å². The van der Waals surface area contributed by atoms with Crippen molar-refractivity contribution in [3.63, 3.8) is 0 Å². The maximum Gasteiger partial charge on any atom is 0.159 e. The number of hydrogen-bond acceptors (Lipinski definition) is 4. The molecule has 0 amide bonds. The zero-order valence-electron chi connectivity index (χ0n) is 6.86. The third-order valence-electron chi connectivity index (χ3n) is 2.01. The maximum absolute atomic E-state index is 9.35. The third kappa shape index (κ3) is 1.90. The van der Waals surface area contributed by atoms with Crippen molar-refractivity contribution in [2.45, 2.75) is 37.9 Å². The molecule has 66 valence electrons. The van der Waals surface area contributed by atoms with Gasteiger partial charge in [0.25, 0.3) is 0 Å². The summed E-state index contributed by atoms with van der Waals surface area (Å²) in [4.78, 5) is 0. The van der Waals surface area contributed by atoms with Gasteiger partial charge in [-0.1, -0.05) is 0 Å². The van der Waals surface area contributed by atoms with E-state index in [2.05, 4.69) is 0 Å². The number of aliphatic hydroxyl groups excluding tert-OH is 1. The lowest BCUT2D eigenvalue weighted by Gasteiger charge is -2.35. The van der Waals surface area contributed by atoms with E-state index < -0.39 is 6.10 Å². The molecule has 0 spiro atoms. The van der Waals surface area contributed by atoms with Gasteiger partial charge in [-0.25, -0.2) is 0 Å². The Labute approximate surface area is 66.3 Å². The molecule has 1 saturated heterocycles. The second-order valence-electron chi connectivity index (χ2n) is 2.90. The normalized spacial score (nSPS) is 45.8. The van der Waals surface area contributed by atoms with E-state index >= 15 is 0 Å². The molecule has 3 N–H and O–H groups in total. The Balaban J connectivity index is 2.47. The van der Waals surface area contributed by atoms with Crippen LogP contribution in [0.4, 0.5) is 0 Å². The fraction of sp³-hybridized carbons (Fsp3) is 1.00. The van der Waals surface area contributed by atoms with Crippen LogP contribution in [0.1, 0.15) is 13.3 Å². The van der Waals surface area contributed by atoms with Crippen LogP contribution in [0.2, 0.25) is 0 Å². The Bertz CT molecular complexity index is 119. The smallest absolute Gasteiger partial charge is 0.159 e. The average Bonchev–Trinajstić information content (AvgIpc) is 1.99. The number of rotatable bonds is 1. The van der Waals surface area contributed by atoms with E-state index in [0.29, 0.717) is 6.42 Å². The minimum absolute atomic E-state index is 0.233. The van der Waals surface area contributed by atoms with Crippen LogP contribution in [0.15, 0.2) is 0 Å². The fourth-order valence-electron chi connectivity index (χ4n) is 1.24. The van der Waals surface area contributed by atoms with Gasteiger partial charge in [0.05, 0.1) is 12.2 Å². The van der Waals surface area contributed by atoms with E-state index in [1.165, 1.54) is 0 Å². The lowest BCUT2D eigenvalue weighted by atomic mass is 10.0. The van der Waals surface area contributed by atoms with Crippen molar-refractivity contribution in [1.82, 2.24) is 0 Å². The van der Waals surface area contributed by atoms with Gasteiger partial charge in [0, 0.05) is 19.6 Å². The number of aliphatic hydroxyl groups is 1. The first-order valence-corrected chi connectivity index (χ1v) is 3.77. The summed E-state index contributed by atoms with van der Waals surface area (Å²) in [6.07, 6.45) is -0.504. The SMILES string of the molecule is CO[C@H]1C[C@@H](N)[C@H](O)[C@@H](C)O1. The predicted molar refractivity (Wildman–Crippen MR) is 39.9 cm³/mol. The summed E-state index contributed by atoms with van der Waals surface area (Å²) in [5.74, 6) is 0. The minimum Gasteiger partial charge on any atom is -0.389 e. The van der Waals surface area contributed by atoms with Crippen LogP contribution >= 0.6 is 0 Å². The second-order valence-corrected chi connectivity index (χ2v) is 2.90. The quantitative estimate of drug-likeness (QED) is 0.542. The van der Waals surface area contributed by atoms with Gasteiger partial charge in [-0.15, -0.1) is 0 Å². The van der Waals surface area contributed by atoms with Gasteiger partial charge in [-0.05, 0) is 6.92 Å². The summed E-state index contributed by atoms with van der Waals surface area (Å²) in [6, 6.07) is -0.233. The molecule has 4 heteroatoms. The standard InChI is InChI=1S/C7H15NO3/c1-4-7(9)5(8)3-6(10-2)11-4/h4-7,9H,3,8H2,1-2H3/t4-,5-,6-,7-/m1/s1. The predicted octanol–water partition coefficient (Wildman–Crippen LogP) is -0.544. The molecule has 0 aliphatic carbocycles. The summed E-state index contributed by atoms with van der Waals surface area (Å²) in [6.45, 7) is 1.79. The molecule has 1 aliphatic heterocycles. The lowest BCUT2D eigenvalue weighted by Crippen LogP contribution is -2.51. The Kier molecular flexibility index (Phi) is 2.84. The van der Waals surface area contributed by atoms with Gasteiger partial charge in [0.1, 0.15) is 0 Å². The molecule has 0 aromatic carbocycles. The van der Waals surface area contributed by atoms with Gasteiger partial charge in [-0.2, -0.15) is 0 Å². The van der Waals surface area contributed by atoms with Gasteiger partial charge < -0.3 is 20.3 Å². The van der Waals surface area contributed by atoms with E-state index in [1.807, 2.05) is 0 Å². The molecule has 1 heterocycles. The molecule has 4 nitrogen and oxygen atoms in total. The van der Waals surface area contributed by atoms with Crippen molar-refractivity contribution in [2.24, 2.45) is 5.73 Å². The minimum atomic E-state index is -0.568. The Morgan fingerprint density at radius 1 is 1.64 bits per heavy atom. The molecule has 1 rings (SSSR count). The van der Waals surface area contributed by atoms with Gasteiger partial charge in [-0.3, -0.25) is 0 Å². The summed E-state index contributed by atoms with van der Waals surface area (Å²) >= 11 is 0. The molecule has 1 aliphatic rings. The topological polar surface area (TPSA) is 64.7 Å². The summed E-state index contributed by atoms with van der Waals surface area (Å²) in [7, 11) is 1.57. The molecular weight excluding hydrogens is 146 g/mol. The monoisotopic (exact) mass is 161 g/mol. The molecule has 0 bridgehead atoms. The van der Waals surface area contributed by atoms with Crippen molar-refractivity contribution < 1.29 is 14.6 Å². The Hall–Kier alpha value is -0.160. The van der Waals surface area contributed by atoms with Crippen LogP contribution < -0.4 is 5.73 Å². The molecule has 1 fully saturated rings. The summed E-state index contributed by atoms with van der Waals surface area (Å²) in [5.41, 5.74) is 5.62. The number of ether oxygens (including phenoxy) is 2. The first kappa shape index (κ1) is 8.93. The van der Waals surface area contributed by atoms with E-state index in [4.69, 9.17) is 15.2 Å². The van der Waals surface area contributed by atoms with Gasteiger partial charge in [0.2, 0.25) is 0 Å². The average molecular weight is 161 g/mol. The zero-order chi connectivity index (χ0) is 8.43. The largest absolute Gasteiger partial charge is 0.389 e.